The zero-order valence-corrected chi connectivity index (χ0v) is 15.9. The molecular weight excluding hydrogens is 366 g/mol. The van der Waals surface area contributed by atoms with E-state index < -0.39 is 4.92 Å². The maximum absolute atomic E-state index is 11.6. The van der Waals surface area contributed by atoms with E-state index in [1.165, 1.54) is 24.7 Å². The maximum atomic E-state index is 11.6. The lowest BCUT2D eigenvalue weighted by Gasteiger charge is -2.14. The second-order valence-electron chi connectivity index (χ2n) is 6.55. The highest BCUT2D eigenvalue weighted by molar-refractivity contribution is 6.31. The number of hydrogen-bond donors (Lipinski definition) is 2. The molecule has 3 rings (SSSR count). The van der Waals surface area contributed by atoms with Crippen LogP contribution in [0.2, 0.25) is 5.02 Å². The lowest BCUT2D eigenvalue weighted by molar-refractivity contribution is -0.383. The molecule has 0 atom stereocenters. The molecule has 0 spiro atoms. The molecule has 1 aliphatic carbocycles. The van der Waals surface area contributed by atoms with E-state index in [0.717, 1.165) is 24.8 Å². The first-order valence-electron chi connectivity index (χ1n) is 8.99. The van der Waals surface area contributed by atoms with Gasteiger partial charge in [0.05, 0.1) is 4.92 Å². The van der Waals surface area contributed by atoms with E-state index in [4.69, 9.17) is 11.6 Å². The Balaban J connectivity index is 1.76. The highest BCUT2D eigenvalue weighted by atomic mass is 35.5. The summed E-state index contributed by atoms with van der Waals surface area (Å²) in [5.74, 6) is 0.349. The average molecular weight is 388 g/mol. The van der Waals surface area contributed by atoms with Gasteiger partial charge in [0.25, 0.3) is 0 Å². The molecule has 0 fully saturated rings. The van der Waals surface area contributed by atoms with E-state index in [9.17, 15) is 10.1 Å². The van der Waals surface area contributed by atoms with Gasteiger partial charge in [-0.15, -0.1) is 0 Å². The Bertz CT molecular complexity index is 869. The molecule has 1 aliphatic rings. The van der Waals surface area contributed by atoms with Gasteiger partial charge in [0.15, 0.2) is 0 Å². The second kappa shape index (κ2) is 8.81. The van der Waals surface area contributed by atoms with E-state index in [1.807, 2.05) is 13.0 Å². The normalized spacial score (nSPS) is 13.8. The largest absolute Gasteiger partial charge is 0.364 e. The number of nitrogens with zero attached hydrogens (tertiary/aromatic N) is 3. The van der Waals surface area contributed by atoms with E-state index in [-0.39, 0.29) is 17.3 Å². The zero-order valence-electron chi connectivity index (χ0n) is 15.2. The fourth-order valence-corrected chi connectivity index (χ4v) is 3.23. The SMILES string of the molecule is Cc1ccc(Nc2ncnc(NCCC3=CCCCC3)c2[N+](=O)[O-])cc1Cl. The smallest absolute Gasteiger partial charge is 0.353 e. The molecular formula is C19H22ClN5O2. The van der Waals surface area contributed by atoms with Crippen molar-refractivity contribution in [3.05, 3.63) is 56.9 Å². The predicted molar refractivity (Wildman–Crippen MR) is 108 cm³/mol. The van der Waals surface area contributed by atoms with Crippen molar-refractivity contribution in [2.24, 2.45) is 0 Å². The van der Waals surface area contributed by atoms with Gasteiger partial charge in [-0.2, -0.15) is 0 Å². The van der Waals surface area contributed by atoms with E-state index >= 15 is 0 Å². The number of halogens is 1. The third-order valence-electron chi connectivity index (χ3n) is 4.56. The number of nitrogens with one attached hydrogen (secondary N) is 2. The van der Waals surface area contributed by atoms with E-state index in [1.54, 1.807) is 12.1 Å². The maximum Gasteiger partial charge on any atom is 0.353 e. The van der Waals surface area contributed by atoms with Crippen LogP contribution in [0, 0.1) is 17.0 Å². The van der Waals surface area contributed by atoms with Gasteiger partial charge in [0.1, 0.15) is 6.33 Å². The highest BCUT2D eigenvalue weighted by Gasteiger charge is 2.23. The molecule has 0 radical (unpaired) electrons. The number of hydrogen-bond acceptors (Lipinski definition) is 6. The summed E-state index contributed by atoms with van der Waals surface area (Å²) in [5, 5.41) is 18.3. The van der Waals surface area contributed by atoms with Gasteiger partial charge in [-0.05, 0) is 56.7 Å². The van der Waals surface area contributed by atoms with E-state index in [0.29, 0.717) is 17.3 Å². The fraction of sp³-hybridized carbons (Fsp3) is 0.368. The van der Waals surface area contributed by atoms with Crippen LogP contribution in [0.15, 0.2) is 36.2 Å². The standard InChI is InChI=1S/C19H22ClN5O2/c1-13-7-8-15(11-16(13)20)24-19-17(25(26)27)18(22-12-23-19)21-10-9-14-5-3-2-4-6-14/h5,7-8,11-12H,2-4,6,9-10H2,1H3,(H2,21,22,23,24). The number of benzene rings is 1. The first kappa shape index (κ1) is 19.1. The van der Waals surface area contributed by atoms with Crippen LogP contribution < -0.4 is 10.6 Å². The van der Waals surface area contributed by atoms with Crippen LogP contribution in [0.3, 0.4) is 0 Å². The Kier molecular flexibility index (Phi) is 6.24. The number of nitro groups is 1. The van der Waals surface area contributed by atoms with Crippen molar-refractivity contribution < 1.29 is 4.92 Å². The summed E-state index contributed by atoms with van der Waals surface area (Å²) in [6.07, 6.45) is 9.13. The summed E-state index contributed by atoms with van der Waals surface area (Å²) in [5.41, 5.74) is 2.79. The topological polar surface area (TPSA) is 93.0 Å². The number of rotatable bonds is 7. The monoisotopic (exact) mass is 387 g/mol. The van der Waals surface area contributed by atoms with Crippen LogP contribution in [0.5, 0.6) is 0 Å². The molecule has 142 valence electrons. The quantitative estimate of drug-likeness (QED) is 0.375. The Morgan fingerprint density at radius 2 is 2.07 bits per heavy atom. The number of aromatic nitrogens is 2. The minimum absolute atomic E-state index is 0.134. The first-order valence-corrected chi connectivity index (χ1v) is 9.36. The van der Waals surface area contributed by atoms with Crippen LogP contribution in [0.25, 0.3) is 0 Å². The Morgan fingerprint density at radius 1 is 1.26 bits per heavy atom. The van der Waals surface area contributed by atoms with Gasteiger partial charge in [-0.1, -0.05) is 29.3 Å². The number of allylic oxidation sites excluding steroid dienone is 1. The Labute approximate surface area is 163 Å². The molecule has 0 aliphatic heterocycles. The molecule has 8 heteroatoms. The second-order valence-corrected chi connectivity index (χ2v) is 6.96. The van der Waals surface area contributed by atoms with Gasteiger partial charge >= 0.3 is 5.69 Å². The summed E-state index contributed by atoms with van der Waals surface area (Å²) in [6, 6.07) is 5.36. The van der Waals surface area contributed by atoms with Crippen LogP contribution in [0.1, 0.15) is 37.7 Å². The molecule has 2 aromatic rings. The van der Waals surface area contributed by atoms with Gasteiger partial charge in [0.2, 0.25) is 11.6 Å². The zero-order chi connectivity index (χ0) is 19.2. The summed E-state index contributed by atoms with van der Waals surface area (Å²) in [7, 11) is 0. The van der Waals surface area contributed by atoms with Crippen molar-refractivity contribution in [3.8, 4) is 0 Å². The van der Waals surface area contributed by atoms with Gasteiger partial charge in [-0.3, -0.25) is 10.1 Å². The average Bonchev–Trinajstić information content (AvgIpc) is 2.65. The molecule has 2 N–H and O–H groups in total. The van der Waals surface area contributed by atoms with Crippen molar-refractivity contribution in [1.29, 1.82) is 0 Å². The van der Waals surface area contributed by atoms with Crippen molar-refractivity contribution in [3.63, 3.8) is 0 Å². The van der Waals surface area contributed by atoms with Crippen molar-refractivity contribution in [2.45, 2.75) is 39.0 Å². The highest BCUT2D eigenvalue weighted by Crippen LogP contribution is 2.32. The molecule has 0 saturated carbocycles. The number of aryl methyl sites for hydroxylation is 1. The van der Waals surface area contributed by atoms with Crippen LogP contribution in [-0.4, -0.2) is 21.4 Å². The summed E-state index contributed by atoms with van der Waals surface area (Å²) >= 11 is 6.13. The molecule has 1 aromatic heterocycles. The molecule has 7 nitrogen and oxygen atoms in total. The predicted octanol–water partition coefficient (Wildman–Crippen LogP) is 5.39. The van der Waals surface area contributed by atoms with Crippen molar-refractivity contribution in [1.82, 2.24) is 9.97 Å². The van der Waals surface area contributed by atoms with Gasteiger partial charge in [-0.25, -0.2) is 9.97 Å². The third kappa shape index (κ3) is 4.95. The molecule has 27 heavy (non-hydrogen) atoms. The summed E-state index contributed by atoms with van der Waals surface area (Å²) in [4.78, 5) is 19.3. The summed E-state index contributed by atoms with van der Waals surface area (Å²) < 4.78 is 0. The van der Waals surface area contributed by atoms with Crippen LogP contribution in [-0.2, 0) is 0 Å². The Hall–Kier alpha value is -2.67. The lowest BCUT2D eigenvalue weighted by atomic mass is 9.97. The lowest BCUT2D eigenvalue weighted by Crippen LogP contribution is -2.10. The van der Waals surface area contributed by atoms with Crippen molar-refractivity contribution in [2.75, 3.05) is 17.2 Å². The molecule has 1 heterocycles. The molecule has 0 unspecified atom stereocenters. The Morgan fingerprint density at radius 3 is 2.78 bits per heavy atom. The first-order chi connectivity index (χ1) is 13.0. The van der Waals surface area contributed by atoms with Crippen molar-refractivity contribution >= 4 is 34.6 Å². The fourth-order valence-electron chi connectivity index (χ4n) is 3.05. The van der Waals surface area contributed by atoms with Crippen LogP contribution in [0.4, 0.5) is 23.0 Å². The molecule has 0 amide bonds. The molecule has 0 saturated heterocycles. The number of anilines is 3. The summed E-state index contributed by atoms with van der Waals surface area (Å²) in [6.45, 7) is 2.49. The van der Waals surface area contributed by atoms with Gasteiger partial charge in [0, 0.05) is 17.3 Å². The minimum atomic E-state index is -0.472. The third-order valence-corrected chi connectivity index (χ3v) is 4.97. The van der Waals surface area contributed by atoms with Gasteiger partial charge < -0.3 is 10.6 Å². The van der Waals surface area contributed by atoms with E-state index in [2.05, 4.69) is 26.7 Å². The van der Waals surface area contributed by atoms with Crippen LogP contribution >= 0.6 is 11.6 Å². The molecule has 1 aromatic carbocycles. The minimum Gasteiger partial charge on any atom is -0.364 e. The molecule has 0 bridgehead atoms.